The molecule has 0 aliphatic rings. The van der Waals surface area contributed by atoms with Gasteiger partial charge in [0, 0.05) is 35.6 Å². The third-order valence-electron chi connectivity index (χ3n) is 6.59. The third kappa shape index (κ3) is 9.98. The Balaban J connectivity index is 0.000000427. The van der Waals surface area contributed by atoms with Gasteiger partial charge in [-0.25, -0.2) is 4.98 Å². The van der Waals surface area contributed by atoms with Gasteiger partial charge in [0.05, 0.1) is 36.7 Å². The summed E-state index contributed by atoms with van der Waals surface area (Å²) >= 11 is 0. The van der Waals surface area contributed by atoms with Gasteiger partial charge in [-0.15, -0.1) is 0 Å². The van der Waals surface area contributed by atoms with Crippen LogP contribution in [0.15, 0.2) is 103 Å². The number of benzene rings is 3. The van der Waals surface area contributed by atoms with E-state index in [0.717, 1.165) is 34.4 Å². The van der Waals surface area contributed by atoms with E-state index >= 15 is 0 Å². The quantitative estimate of drug-likeness (QED) is 0.127. The maximum Gasteiger partial charge on any atom is 0.314 e. The molecule has 0 spiro atoms. The number of aldehydes is 1. The average molecular weight is 608 g/mol. The molecule has 0 atom stereocenters. The number of carbonyl (C=O) groups is 2. The van der Waals surface area contributed by atoms with E-state index in [1.165, 1.54) is 12.7 Å². The van der Waals surface area contributed by atoms with E-state index in [-0.39, 0.29) is 12.6 Å². The summed E-state index contributed by atoms with van der Waals surface area (Å²) < 4.78 is 15.5. The molecular formula is C37H41N3O5. The van der Waals surface area contributed by atoms with Crippen molar-refractivity contribution < 1.29 is 23.8 Å². The smallest absolute Gasteiger partial charge is 0.314 e. The summed E-state index contributed by atoms with van der Waals surface area (Å²) in [5.74, 6) is 1.05. The summed E-state index contributed by atoms with van der Waals surface area (Å²) in [7, 11) is 3.07. The summed E-state index contributed by atoms with van der Waals surface area (Å²) in [6.07, 6.45) is 4.33. The number of aromatic nitrogens is 3. The molecule has 0 radical (unpaired) electrons. The normalized spacial score (nSPS) is 10.4. The van der Waals surface area contributed by atoms with E-state index in [2.05, 4.69) is 15.0 Å². The molecule has 0 amide bonds. The number of imidazole rings is 1. The van der Waals surface area contributed by atoms with E-state index in [4.69, 9.17) is 14.2 Å². The molecular weight excluding hydrogens is 566 g/mol. The topological polar surface area (TPSA) is 103 Å². The molecule has 2 aromatic heterocycles. The van der Waals surface area contributed by atoms with Crippen LogP contribution in [-0.4, -0.2) is 48.0 Å². The lowest BCUT2D eigenvalue weighted by Gasteiger charge is -2.21. The number of rotatable bonds is 10. The maximum absolute atomic E-state index is 11.8. The van der Waals surface area contributed by atoms with E-state index in [0.29, 0.717) is 23.7 Å². The monoisotopic (exact) mass is 607 g/mol. The molecule has 234 valence electrons. The minimum Gasteiger partial charge on any atom is -0.492 e. The molecule has 45 heavy (non-hydrogen) atoms. The lowest BCUT2D eigenvalue weighted by atomic mass is 9.95. The zero-order valence-corrected chi connectivity index (χ0v) is 26.7. The SMILES string of the molecule is CC.COC(=O)C(C)(C)COc1ccc(-c2ccc(-c3ncc(-c4cccc(C=O)c4)[nH]3)cn2)cc1.COCc1ccccc1. The third-order valence-corrected chi connectivity index (χ3v) is 6.59. The lowest BCUT2D eigenvalue weighted by Crippen LogP contribution is -2.32. The van der Waals surface area contributed by atoms with Crippen LogP contribution < -0.4 is 4.74 Å². The number of methoxy groups -OCH3 is 2. The van der Waals surface area contributed by atoms with Crippen molar-refractivity contribution in [1.29, 1.82) is 0 Å². The van der Waals surface area contributed by atoms with Gasteiger partial charge in [-0.3, -0.25) is 14.6 Å². The van der Waals surface area contributed by atoms with Gasteiger partial charge in [0.25, 0.3) is 0 Å². The highest BCUT2D eigenvalue weighted by Gasteiger charge is 2.29. The minimum atomic E-state index is -0.728. The second-order valence-electron chi connectivity index (χ2n) is 10.4. The Morgan fingerprint density at radius 2 is 1.53 bits per heavy atom. The maximum atomic E-state index is 11.8. The van der Waals surface area contributed by atoms with E-state index in [1.54, 1.807) is 39.4 Å². The van der Waals surface area contributed by atoms with Crippen LogP contribution in [0.1, 0.15) is 43.6 Å². The van der Waals surface area contributed by atoms with Crippen LogP contribution in [0.3, 0.4) is 0 Å². The fourth-order valence-electron chi connectivity index (χ4n) is 4.16. The van der Waals surface area contributed by atoms with Crippen LogP contribution in [0, 0.1) is 5.41 Å². The van der Waals surface area contributed by atoms with Crippen LogP contribution in [0.25, 0.3) is 33.9 Å². The van der Waals surface area contributed by atoms with Crippen molar-refractivity contribution in [2.24, 2.45) is 5.41 Å². The van der Waals surface area contributed by atoms with Crippen molar-refractivity contribution in [2.75, 3.05) is 20.8 Å². The molecule has 0 bridgehead atoms. The molecule has 0 saturated carbocycles. The summed E-state index contributed by atoms with van der Waals surface area (Å²) in [5, 5.41) is 0. The first-order valence-electron chi connectivity index (χ1n) is 14.7. The fraction of sp³-hybridized carbons (Fsp3) is 0.243. The van der Waals surface area contributed by atoms with Gasteiger partial charge in [-0.05, 0) is 61.9 Å². The van der Waals surface area contributed by atoms with Crippen LogP contribution in [0.4, 0.5) is 0 Å². The summed E-state index contributed by atoms with van der Waals surface area (Å²) in [6.45, 7) is 8.49. The van der Waals surface area contributed by atoms with Gasteiger partial charge >= 0.3 is 5.97 Å². The van der Waals surface area contributed by atoms with Gasteiger partial charge in [0.1, 0.15) is 24.5 Å². The van der Waals surface area contributed by atoms with Crippen LogP contribution in [0.2, 0.25) is 0 Å². The molecule has 8 nitrogen and oxygen atoms in total. The average Bonchev–Trinajstić information content (AvgIpc) is 3.60. The van der Waals surface area contributed by atoms with Crippen molar-refractivity contribution >= 4 is 12.3 Å². The van der Waals surface area contributed by atoms with Gasteiger partial charge in [-0.2, -0.15) is 0 Å². The molecule has 5 rings (SSSR count). The standard InChI is InChI=1S/C27H25N3O4.C8H10O.C2H6/c1-27(2,26(32)33-3)17-34-22-10-7-19(8-11-22)23-12-9-21(14-28-23)25-29-15-24(30-25)20-6-4-5-18(13-20)16-31;1-9-7-8-5-3-2-4-6-8;1-2/h4-16H,17H2,1-3H3,(H,29,30);2-6H,7H2,1H3;1-2H3. The Bertz CT molecular complexity index is 1610. The Hall–Kier alpha value is -5.08. The Labute approximate surface area is 265 Å². The minimum absolute atomic E-state index is 0.219. The lowest BCUT2D eigenvalue weighted by molar-refractivity contribution is -0.152. The largest absolute Gasteiger partial charge is 0.492 e. The van der Waals surface area contributed by atoms with Gasteiger partial charge in [0.15, 0.2) is 0 Å². The number of esters is 1. The van der Waals surface area contributed by atoms with Crippen molar-refractivity contribution in [1.82, 2.24) is 15.0 Å². The molecule has 8 heteroatoms. The molecule has 0 aliphatic carbocycles. The number of H-pyrrole nitrogens is 1. The molecule has 0 unspecified atom stereocenters. The molecule has 3 aromatic carbocycles. The number of nitrogens with one attached hydrogen (secondary N) is 1. The van der Waals surface area contributed by atoms with Crippen LogP contribution >= 0.6 is 0 Å². The summed E-state index contributed by atoms with van der Waals surface area (Å²) in [4.78, 5) is 35.1. The molecule has 1 N–H and O–H groups in total. The molecule has 0 aliphatic heterocycles. The zero-order valence-electron chi connectivity index (χ0n) is 26.7. The predicted octanol–water partition coefficient (Wildman–Crippen LogP) is 8.06. The van der Waals surface area contributed by atoms with Gasteiger partial charge in [-0.1, -0.05) is 62.4 Å². The van der Waals surface area contributed by atoms with Crippen LogP contribution in [-0.2, 0) is 20.9 Å². The molecule has 0 fully saturated rings. The Morgan fingerprint density at radius 3 is 2.16 bits per heavy atom. The van der Waals surface area contributed by atoms with Crippen molar-refractivity contribution in [3.05, 3.63) is 115 Å². The number of hydrogen-bond donors (Lipinski definition) is 1. The van der Waals surface area contributed by atoms with Crippen molar-refractivity contribution in [3.8, 4) is 39.7 Å². The second-order valence-corrected chi connectivity index (χ2v) is 10.4. The van der Waals surface area contributed by atoms with Gasteiger partial charge < -0.3 is 19.2 Å². The highest BCUT2D eigenvalue weighted by atomic mass is 16.5. The first-order valence-corrected chi connectivity index (χ1v) is 14.7. The number of carbonyl (C=O) groups excluding carboxylic acids is 2. The van der Waals surface area contributed by atoms with Crippen molar-refractivity contribution in [2.45, 2.75) is 34.3 Å². The predicted molar refractivity (Wildman–Crippen MR) is 178 cm³/mol. The number of ether oxygens (including phenoxy) is 3. The Morgan fingerprint density at radius 1 is 0.822 bits per heavy atom. The van der Waals surface area contributed by atoms with Crippen LogP contribution in [0.5, 0.6) is 5.75 Å². The molecule has 2 heterocycles. The zero-order chi connectivity index (χ0) is 32.7. The number of aromatic amines is 1. The van der Waals surface area contributed by atoms with Crippen molar-refractivity contribution in [3.63, 3.8) is 0 Å². The first kappa shape index (κ1) is 34.4. The van der Waals surface area contributed by atoms with E-state index in [1.807, 2.05) is 98.8 Å². The number of pyridine rings is 1. The number of hydrogen-bond acceptors (Lipinski definition) is 7. The molecule has 0 saturated heterocycles. The highest BCUT2D eigenvalue weighted by Crippen LogP contribution is 2.26. The second kappa shape index (κ2) is 17.3. The molecule has 5 aromatic rings. The highest BCUT2D eigenvalue weighted by molar-refractivity contribution is 5.78. The first-order chi connectivity index (χ1) is 21.8. The summed E-state index contributed by atoms with van der Waals surface area (Å²) in [6, 6.07) is 28.9. The van der Waals surface area contributed by atoms with E-state index < -0.39 is 5.41 Å². The van der Waals surface area contributed by atoms with Gasteiger partial charge in [0.2, 0.25) is 0 Å². The van der Waals surface area contributed by atoms with E-state index in [9.17, 15) is 9.59 Å². The number of nitrogens with zero attached hydrogens (tertiary/aromatic N) is 2. The fourth-order valence-corrected chi connectivity index (χ4v) is 4.16. The summed E-state index contributed by atoms with van der Waals surface area (Å²) in [5.41, 5.74) is 5.44. The Kier molecular flexibility index (Phi) is 13.2.